The van der Waals surface area contributed by atoms with Crippen LogP contribution in [0.4, 0.5) is 17.2 Å². The number of rotatable bonds is 7. The zero-order chi connectivity index (χ0) is 21.9. The number of piperidine rings is 1. The molecule has 1 saturated heterocycles. The van der Waals surface area contributed by atoms with E-state index in [1.54, 1.807) is 0 Å². The number of likely N-dealkylation sites (tertiary alicyclic amines) is 1. The second kappa shape index (κ2) is 9.00. The molecule has 0 aliphatic carbocycles. The number of anilines is 3. The number of para-hydroxylation sites is 2. The van der Waals surface area contributed by atoms with Gasteiger partial charge in [-0.25, -0.2) is 9.97 Å². The summed E-state index contributed by atoms with van der Waals surface area (Å²) in [5.74, 6) is 1.56. The van der Waals surface area contributed by atoms with Gasteiger partial charge in [-0.2, -0.15) is 5.10 Å². The van der Waals surface area contributed by atoms with Crippen LogP contribution in [0.1, 0.15) is 37.2 Å². The predicted molar refractivity (Wildman–Crippen MR) is 129 cm³/mol. The quantitative estimate of drug-likeness (QED) is 0.408. The van der Waals surface area contributed by atoms with Crippen LogP contribution in [0.2, 0.25) is 0 Å². The summed E-state index contributed by atoms with van der Waals surface area (Å²) in [7, 11) is 2.18. The summed E-state index contributed by atoms with van der Waals surface area (Å²) in [6.07, 6.45) is 8.95. The highest BCUT2D eigenvalue weighted by atomic mass is 15.3. The summed E-state index contributed by atoms with van der Waals surface area (Å²) in [6.45, 7) is 5.19. The maximum atomic E-state index is 4.87. The Kier molecular flexibility index (Phi) is 5.77. The smallest absolute Gasteiger partial charge is 0.158 e. The molecule has 3 N–H and O–H groups in total. The van der Waals surface area contributed by atoms with E-state index in [1.165, 1.54) is 0 Å². The van der Waals surface area contributed by atoms with Crippen LogP contribution in [-0.4, -0.2) is 56.3 Å². The molecule has 32 heavy (non-hydrogen) atoms. The van der Waals surface area contributed by atoms with Crippen LogP contribution >= 0.6 is 0 Å². The molecule has 0 spiro atoms. The van der Waals surface area contributed by atoms with Gasteiger partial charge in [0.25, 0.3) is 0 Å². The van der Waals surface area contributed by atoms with Crippen LogP contribution in [0.15, 0.2) is 48.9 Å². The molecule has 3 aromatic heterocycles. The minimum Gasteiger partial charge on any atom is -0.384 e. The van der Waals surface area contributed by atoms with Crippen LogP contribution in [0.3, 0.4) is 0 Å². The van der Waals surface area contributed by atoms with Gasteiger partial charge >= 0.3 is 0 Å². The van der Waals surface area contributed by atoms with Gasteiger partial charge < -0.3 is 20.5 Å². The van der Waals surface area contributed by atoms with Crippen LogP contribution in [0.5, 0.6) is 0 Å². The molecule has 166 valence electrons. The van der Waals surface area contributed by atoms with E-state index in [9.17, 15) is 0 Å². The highest BCUT2D eigenvalue weighted by molar-refractivity contribution is 5.89. The molecule has 0 saturated carbocycles. The van der Waals surface area contributed by atoms with Crippen molar-refractivity contribution < 1.29 is 0 Å². The first-order valence-corrected chi connectivity index (χ1v) is 11.3. The maximum absolute atomic E-state index is 4.87. The van der Waals surface area contributed by atoms with Gasteiger partial charge in [-0.15, -0.1) is 0 Å². The van der Waals surface area contributed by atoms with Crippen molar-refractivity contribution in [3.63, 3.8) is 0 Å². The molecule has 1 aromatic carbocycles. The van der Waals surface area contributed by atoms with Crippen LogP contribution < -0.4 is 10.6 Å². The molecule has 0 atom stereocenters. The first kappa shape index (κ1) is 20.5. The third kappa shape index (κ3) is 4.31. The number of hydrogen-bond acceptors (Lipinski definition) is 6. The van der Waals surface area contributed by atoms with Crippen molar-refractivity contribution in [1.29, 1.82) is 0 Å². The summed E-state index contributed by atoms with van der Waals surface area (Å²) in [5, 5.41) is 11.6. The molecule has 1 aliphatic heterocycles. The van der Waals surface area contributed by atoms with Gasteiger partial charge in [0.15, 0.2) is 5.82 Å². The fraction of sp³-hybridized carbons (Fsp3) is 0.375. The van der Waals surface area contributed by atoms with Gasteiger partial charge in [0.1, 0.15) is 11.3 Å². The molecule has 0 bridgehead atoms. The lowest BCUT2D eigenvalue weighted by atomic mass is 10.1. The van der Waals surface area contributed by atoms with Crippen molar-refractivity contribution in [2.75, 3.05) is 37.3 Å². The third-order valence-corrected chi connectivity index (χ3v) is 6.08. The molecular weight excluding hydrogens is 400 g/mol. The fourth-order valence-corrected chi connectivity index (χ4v) is 4.34. The molecule has 4 heterocycles. The average Bonchev–Trinajstić information content (AvgIpc) is 3.46. The van der Waals surface area contributed by atoms with Crippen molar-refractivity contribution in [2.24, 2.45) is 0 Å². The Hall–Kier alpha value is -3.39. The van der Waals surface area contributed by atoms with Crippen molar-refractivity contribution in [3.8, 4) is 0 Å². The average molecular weight is 431 g/mol. The summed E-state index contributed by atoms with van der Waals surface area (Å²) in [4.78, 5) is 15.3. The standard InChI is InChI=1S/C24H30N8/c1-3-25-19-6-4-5-7-20(19)29-24-23-21(8-11-26-23)28-22(30-24)14-17-15-27-32(16-17)18-9-12-31(2)13-10-18/h4-8,11,15-16,18,25-26H,3,9-10,12-14H2,1-2H3,(H,28,29,30). The SMILES string of the molecule is CCNc1ccccc1Nc1nc(Cc2cnn(C3CCN(C)CC3)c2)nc2cc[nH]c12. The third-order valence-electron chi connectivity index (χ3n) is 6.08. The van der Waals surface area contributed by atoms with Gasteiger partial charge in [0, 0.05) is 25.4 Å². The maximum Gasteiger partial charge on any atom is 0.158 e. The molecule has 5 rings (SSSR count). The lowest BCUT2D eigenvalue weighted by Gasteiger charge is -2.28. The zero-order valence-corrected chi connectivity index (χ0v) is 18.7. The van der Waals surface area contributed by atoms with E-state index in [1.807, 2.05) is 30.6 Å². The number of aromatic nitrogens is 5. The minimum absolute atomic E-state index is 0.479. The number of nitrogens with zero attached hydrogens (tertiary/aromatic N) is 5. The van der Waals surface area contributed by atoms with E-state index >= 15 is 0 Å². The first-order valence-electron chi connectivity index (χ1n) is 11.3. The van der Waals surface area contributed by atoms with Crippen molar-refractivity contribution in [3.05, 3.63) is 60.3 Å². The van der Waals surface area contributed by atoms with Crippen LogP contribution in [0.25, 0.3) is 11.0 Å². The monoisotopic (exact) mass is 430 g/mol. The molecular formula is C24H30N8. The lowest BCUT2D eigenvalue weighted by molar-refractivity contribution is 0.212. The summed E-state index contributed by atoms with van der Waals surface area (Å²) >= 11 is 0. The summed E-state index contributed by atoms with van der Waals surface area (Å²) in [6, 6.07) is 10.6. The molecule has 8 nitrogen and oxygen atoms in total. The number of nitrogens with one attached hydrogen (secondary N) is 3. The van der Waals surface area contributed by atoms with Crippen molar-refractivity contribution in [1.82, 2.24) is 29.6 Å². The van der Waals surface area contributed by atoms with Crippen LogP contribution in [0, 0.1) is 0 Å². The summed E-state index contributed by atoms with van der Waals surface area (Å²) in [5.41, 5.74) is 4.99. The van der Waals surface area contributed by atoms with E-state index in [2.05, 4.69) is 62.6 Å². The van der Waals surface area contributed by atoms with Gasteiger partial charge in [-0.3, -0.25) is 4.68 Å². The van der Waals surface area contributed by atoms with E-state index in [-0.39, 0.29) is 0 Å². The van der Waals surface area contributed by atoms with E-state index in [4.69, 9.17) is 9.97 Å². The Morgan fingerprint density at radius 2 is 1.91 bits per heavy atom. The predicted octanol–water partition coefficient (Wildman–Crippen LogP) is 4.19. The largest absolute Gasteiger partial charge is 0.384 e. The number of hydrogen-bond donors (Lipinski definition) is 3. The number of H-pyrrole nitrogens is 1. The normalized spacial score (nSPS) is 15.3. The summed E-state index contributed by atoms with van der Waals surface area (Å²) < 4.78 is 2.13. The Labute approximate surface area is 188 Å². The Balaban J connectivity index is 1.39. The molecule has 1 aliphatic rings. The van der Waals surface area contributed by atoms with Gasteiger partial charge in [0.2, 0.25) is 0 Å². The van der Waals surface area contributed by atoms with Gasteiger partial charge in [-0.05, 0) is 63.7 Å². The molecule has 4 aromatic rings. The number of aromatic amines is 1. The number of benzene rings is 1. The fourth-order valence-electron chi connectivity index (χ4n) is 4.34. The highest BCUT2D eigenvalue weighted by Gasteiger charge is 2.19. The van der Waals surface area contributed by atoms with E-state index in [0.29, 0.717) is 12.5 Å². The topological polar surface area (TPSA) is 86.7 Å². The molecule has 0 unspecified atom stereocenters. The molecule has 8 heteroatoms. The Bertz CT molecular complexity index is 1190. The van der Waals surface area contributed by atoms with Crippen molar-refractivity contribution >= 4 is 28.2 Å². The van der Waals surface area contributed by atoms with Crippen molar-refractivity contribution in [2.45, 2.75) is 32.2 Å². The molecule has 0 amide bonds. The molecule has 0 radical (unpaired) electrons. The second-order valence-corrected chi connectivity index (χ2v) is 8.47. The van der Waals surface area contributed by atoms with E-state index < -0.39 is 0 Å². The van der Waals surface area contributed by atoms with Crippen LogP contribution in [-0.2, 0) is 6.42 Å². The van der Waals surface area contributed by atoms with Gasteiger partial charge in [0.05, 0.1) is 29.1 Å². The van der Waals surface area contributed by atoms with Gasteiger partial charge in [-0.1, -0.05) is 12.1 Å². The molecule has 1 fully saturated rings. The minimum atomic E-state index is 0.479. The highest BCUT2D eigenvalue weighted by Crippen LogP contribution is 2.28. The lowest BCUT2D eigenvalue weighted by Crippen LogP contribution is -2.31. The first-order chi connectivity index (χ1) is 15.7. The second-order valence-electron chi connectivity index (χ2n) is 8.47. The Morgan fingerprint density at radius 1 is 1.09 bits per heavy atom. The zero-order valence-electron chi connectivity index (χ0n) is 18.7. The Morgan fingerprint density at radius 3 is 2.72 bits per heavy atom. The number of fused-ring (bicyclic) bond motifs is 1. The van der Waals surface area contributed by atoms with E-state index in [0.717, 1.165) is 72.1 Å².